The minimum Gasteiger partial charge on any atom is -0.383 e. The van der Waals surface area contributed by atoms with E-state index < -0.39 is 47.8 Å². The van der Waals surface area contributed by atoms with Crippen LogP contribution in [0, 0.1) is 0 Å². The van der Waals surface area contributed by atoms with E-state index in [2.05, 4.69) is 13.6 Å². The number of nitrogens with two attached hydrogens (primary N) is 1. The Kier molecular flexibility index (Phi) is 6.78. The first-order chi connectivity index (χ1) is 12.3. The van der Waals surface area contributed by atoms with Crippen LogP contribution < -0.4 is 11.4 Å². The van der Waals surface area contributed by atoms with Gasteiger partial charge in [0.1, 0.15) is 12.0 Å². The predicted octanol–water partition coefficient (Wildman–Crippen LogP) is -0.154. The maximum Gasteiger partial charge on any atom is 0.488 e. The molecule has 27 heavy (non-hydrogen) atoms. The van der Waals surface area contributed by atoms with Crippen molar-refractivity contribution < 1.29 is 51.4 Å². The van der Waals surface area contributed by atoms with Crippen LogP contribution in [0.4, 0.5) is 5.82 Å². The zero-order valence-electron chi connectivity index (χ0n) is 13.3. The van der Waals surface area contributed by atoms with Crippen LogP contribution in [0.25, 0.3) is 0 Å². The Morgan fingerprint density at radius 1 is 1.22 bits per heavy atom. The van der Waals surface area contributed by atoms with Gasteiger partial charge in [-0.2, -0.15) is 9.29 Å². The molecule has 2 heterocycles. The van der Waals surface area contributed by atoms with Crippen LogP contribution in [0.3, 0.4) is 0 Å². The Morgan fingerprint density at radius 2 is 1.89 bits per heavy atom. The number of nitrogens with zero attached hydrogens (tertiary/aromatic N) is 2. The third-order valence-corrected chi connectivity index (χ3v) is 6.98. The summed E-state index contributed by atoms with van der Waals surface area (Å²) in [5.74, 6) is 0.0198. The normalized spacial score (nSPS) is 25.0. The molecule has 1 fully saturated rings. The lowest BCUT2D eigenvalue weighted by Crippen LogP contribution is -2.27. The molecule has 4 atom stereocenters. The summed E-state index contributed by atoms with van der Waals surface area (Å²) in [5.41, 5.74) is 4.70. The fourth-order valence-electron chi connectivity index (χ4n) is 2.07. The maximum absolute atomic E-state index is 11.7. The van der Waals surface area contributed by atoms with Crippen LogP contribution in [0.5, 0.6) is 0 Å². The van der Waals surface area contributed by atoms with Gasteiger partial charge >= 0.3 is 28.9 Å². The number of ether oxygens (including phenoxy) is 2. The number of anilines is 1. The largest absolute Gasteiger partial charge is 0.488 e. The van der Waals surface area contributed by atoms with E-state index in [1.165, 1.54) is 12.3 Å². The summed E-state index contributed by atoms with van der Waals surface area (Å²) >= 11 is 0. The number of phosphoric acid groups is 2. The number of hydrogen-bond donors (Lipinski definition) is 5. The monoisotopic (exact) mass is 451 g/mol. The highest BCUT2D eigenvalue weighted by atomic mass is 31.3. The van der Waals surface area contributed by atoms with E-state index in [0.717, 1.165) is 4.57 Å². The van der Waals surface area contributed by atoms with Gasteiger partial charge in [0.25, 0.3) is 0 Å². The van der Waals surface area contributed by atoms with Gasteiger partial charge in [0.2, 0.25) is 0 Å². The lowest BCUT2D eigenvalue weighted by molar-refractivity contribution is -0.141. The van der Waals surface area contributed by atoms with Gasteiger partial charge in [0.05, 0.1) is 0 Å². The molecule has 2 rings (SSSR count). The molecule has 0 radical (unpaired) electrons. The van der Waals surface area contributed by atoms with Gasteiger partial charge in [-0.3, -0.25) is 9.13 Å². The molecule has 0 amide bonds. The molecule has 0 bridgehead atoms. The second kappa shape index (κ2) is 8.19. The highest BCUT2D eigenvalue weighted by Crippen LogP contribution is 2.66. The minimum atomic E-state index is -5.53. The Balaban J connectivity index is 1.91. The van der Waals surface area contributed by atoms with Gasteiger partial charge < -0.3 is 34.8 Å². The Hall–Kier alpha value is -0.950. The number of hydrogen-bond acceptors (Lipinski definition) is 10. The van der Waals surface area contributed by atoms with E-state index in [9.17, 15) is 23.4 Å². The number of rotatable bonds is 8. The predicted molar refractivity (Wildman–Crippen MR) is 85.9 cm³/mol. The fourth-order valence-corrected chi connectivity index (χ4v) is 5.37. The minimum absolute atomic E-state index is 0.0198. The first kappa shape index (κ1) is 22.3. The summed E-state index contributed by atoms with van der Waals surface area (Å²) in [4.78, 5) is 50.7. The topological polar surface area (TPSA) is 230 Å². The standard InChI is InChI=1S/C9H16N3O12P3/c10-6-3-4-12(9(13)11-6)7-1-2-8(22-7)21-5-25(14,15)23-27(19,20)24-26(16,17)18/h3-4,7-8H,1-2,5H2,(H,14,15)(H,19,20)(H2,10,11,13)(H2,16,17,18)/t7-,8+/m1/s1. The smallest absolute Gasteiger partial charge is 0.383 e. The van der Waals surface area contributed by atoms with Crippen LogP contribution >= 0.6 is 23.2 Å². The molecule has 15 nitrogen and oxygen atoms in total. The molecule has 1 aliphatic rings. The first-order valence-corrected chi connectivity index (χ1v) is 11.8. The van der Waals surface area contributed by atoms with Crippen LogP contribution in [0.1, 0.15) is 19.1 Å². The second-order valence-corrected chi connectivity index (χ2v) is 9.95. The van der Waals surface area contributed by atoms with E-state index in [-0.39, 0.29) is 18.7 Å². The van der Waals surface area contributed by atoms with E-state index in [0.29, 0.717) is 0 Å². The molecule has 2 unspecified atom stereocenters. The third kappa shape index (κ3) is 7.18. The van der Waals surface area contributed by atoms with Gasteiger partial charge in [0.15, 0.2) is 12.6 Å². The van der Waals surface area contributed by atoms with E-state index in [1.54, 1.807) is 0 Å². The van der Waals surface area contributed by atoms with Gasteiger partial charge in [0, 0.05) is 12.6 Å². The summed E-state index contributed by atoms with van der Waals surface area (Å²) < 4.78 is 52.2. The Labute approximate surface area is 151 Å². The van der Waals surface area contributed by atoms with Crippen LogP contribution in [0.15, 0.2) is 17.1 Å². The molecule has 1 aromatic rings. The van der Waals surface area contributed by atoms with Crippen molar-refractivity contribution in [2.24, 2.45) is 0 Å². The van der Waals surface area contributed by atoms with Crippen molar-refractivity contribution in [2.45, 2.75) is 25.4 Å². The first-order valence-electron chi connectivity index (χ1n) is 7.01. The van der Waals surface area contributed by atoms with Crippen LogP contribution in [-0.2, 0) is 31.8 Å². The van der Waals surface area contributed by atoms with Crippen LogP contribution in [0.2, 0.25) is 0 Å². The maximum atomic E-state index is 11.7. The quantitative estimate of drug-likeness (QED) is 0.324. The van der Waals surface area contributed by atoms with E-state index >= 15 is 0 Å². The van der Waals surface area contributed by atoms with Gasteiger partial charge in [-0.25, -0.2) is 18.2 Å². The molecule has 0 aliphatic carbocycles. The molecule has 1 saturated heterocycles. The van der Waals surface area contributed by atoms with E-state index in [4.69, 9.17) is 29.9 Å². The lowest BCUT2D eigenvalue weighted by Gasteiger charge is -2.19. The molecule has 18 heteroatoms. The molecule has 0 saturated carbocycles. The molecule has 0 aromatic carbocycles. The molecule has 1 aliphatic heterocycles. The van der Waals surface area contributed by atoms with Crippen molar-refractivity contribution in [2.75, 3.05) is 12.1 Å². The summed E-state index contributed by atoms with van der Waals surface area (Å²) in [6.07, 6.45) is -1.17. The fraction of sp³-hybridized carbons (Fsp3) is 0.556. The van der Waals surface area contributed by atoms with Crippen LogP contribution in [-0.4, -0.2) is 41.8 Å². The Bertz CT molecular complexity index is 882. The summed E-state index contributed by atoms with van der Waals surface area (Å²) in [7, 11) is -15.9. The summed E-state index contributed by atoms with van der Waals surface area (Å²) in [5, 5.41) is 0. The SMILES string of the molecule is Nc1ccn([C@H]2CC[C@@H](OCP(=O)(O)OP(=O)(O)OP(=O)(O)O)O2)c(=O)n1. The zero-order valence-corrected chi connectivity index (χ0v) is 16.0. The van der Waals surface area contributed by atoms with Crippen molar-refractivity contribution >= 4 is 29.1 Å². The second-order valence-electron chi connectivity index (χ2n) is 5.20. The highest BCUT2D eigenvalue weighted by molar-refractivity contribution is 7.68. The molecule has 0 spiro atoms. The van der Waals surface area contributed by atoms with Gasteiger partial charge in [-0.1, -0.05) is 0 Å². The molecular weight excluding hydrogens is 435 g/mol. The molecular formula is C9H16N3O12P3. The Morgan fingerprint density at radius 3 is 2.48 bits per heavy atom. The number of aromatic nitrogens is 2. The summed E-state index contributed by atoms with van der Waals surface area (Å²) in [6, 6.07) is 1.37. The number of nitrogen functional groups attached to an aromatic ring is 1. The molecule has 1 aromatic heterocycles. The van der Waals surface area contributed by atoms with Crippen molar-refractivity contribution in [1.82, 2.24) is 9.55 Å². The summed E-state index contributed by atoms with van der Waals surface area (Å²) in [6.45, 7) is 0. The molecule has 154 valence electrons. The van der Waals surface area contributed by atoms with Crippen molar-refractivity contribution in [1.29, 1.82) is 0 Å². The van der Waals surface area contributed by atoms with Gasteiger partial charge in [-0.05, 0) is 12.5 Å². The van der Waals surface area contributed by atoms with E-state index in [1.807, 2.05) is 0 Å². The van der Waals surface area contributed by atoms with Crippen molar-refractivity contribution in [3.8, 4) is 0 Å². The van der Waals surface area contributed by atoms with Crippen molar-refractivity contribution in [3.63, 3.8) is 0 Å². The lowest BCUT2D eigenvalue weighted by atomic mass is 10.3. The van der Waals surface area contributed by atoms with Crippen molar-refractivity contribution in [3.05, 3.63) is 22.7 Å². The van der Waals surface area contributed by atoms with Gasteiger partial charge in [-0.15, -0.1) is 0 Å². The third-order valence-electron chi connectivity index (χ3n) is 2.98. The highest BCUT2D eigenvalue weighted by Gasteiger charge is 2.40. The average Bonchev–Trinajstić information content (AvgIpc) is 2.90. The zero-order chi connectivity index (χ0) is 20.5. The molecule has 6 N–H and O–H groups in total. The average molecular weight is 451 g/mol.